The zero-order chi connectivity index (χ0) is 30.1. The van der Waals surface area contributed by atoms with Crippen molar-refractivity contribution < 1.29 is 29.4 Å². The van der Waals surface area contributed by atoms with E-state index < -0.39 is 46.6 Å². The van der Waals surface area contributed by atoms with Gasteiger partial charge in [0.2, 0.25) is 11.1 Å². The Labute approximate surface area is 245 Å². The predicted octanol–water partition coefficient (Wildman–Crippen LogP) is -0.0856. The highest BCUT2D eigenvalue weighted by molar-refractivity contribution is 8.01. The van der Waals surface area contributed by atoms with Gasteiger partial charge in [0.25, 0.3) is 11.8 Å². The molecule has 2 aromatic heterocycles. The summed E-state index contributed by atoms with van der Waals surface area (Å²) in [6.45, 7) is 1.65. The van der Waals surface area contributed by atoms with Gasteiger partial charge in [0, 0.05) is 36.5 Å². The summed E-state index contributed by atoms with van der Waals surface area (Å²) in [4.78, 5) is 68.1. The lowest BCUT2D eigenvalue weighted by molar-refractivity contribution is -0.151. The number of amides is 3. The first kappa shape index (κ1) is 28.9. The molecule has 5 rings (SSSR count). The number of thioether (sulfide) groups is 2. The van der Waals surface area contributed by atoms with Crippen LogP contribution in [0.2, 0.25) is 0 Å². The van der Waals surface area contributed by atoms with Gasteiger partial charge in [-0.15, -0.1) is 16.9 Å². The Bertz CT molecular complexity index is 1670. The number of rotatable bonds is 9. The van der Waals surface area contributed by atoms with E-state index in [0.717, 1.165) is 4.90 Å². The molecule has 5 N–H and O–H groups in total. The quantitative estimate of drug-likeness (QED) is 0.159. The number of hydrogen-bond donors (Lipinski definition) is 5. The average molecular weight is 613 g/mol. The fraction of sp³-hybridized carbons (Fsp3) is 0.280. The number of aromatic nitrogens is 5. The van der Waals surface area contributed by atoms with Crippen molar-refractivity contribution in [1.29, 1.82) is 0 Å². The lowest BCUT2D eigenvalue weighted by Crippen LogP contribution is -2.71. The van der Waals surface area contributed by atoms with Crippen molar-refractivity contribution in [2.45, 2.75) is 29.5 Å². The maximum atomic E-state index is 13.5. The summed E-state index contributed by atoms with van der Waals surface area (Å²) in [5, 5.41) is 35.8. The fourth-order valence-electron chi connectivity index (χ4n) is 4.45. The van der Waals surface area contributed by atoms with Crippen LogP contribution in [0.25, 0.3) is 0 Å². The lowest BCUT2D eigenvalue weighted by Gasteiger charge is -2.49. The topological polar surface area (TPSA) is 212 Å². The molecule has 0 bridgehead atoms. The molecule has 2 aliphatic heterocycles. The molecule has 1 saturated heterocycles. The first-order chi connectivity index (χ1) is 20.0. The minimum Gasteiger partial charge on any atom is -0.508 e. The molecule has 0 spiro atoms. The van der Waals surface area contributed by atoms with Crippen LogP contribution in [-0.2, 0) is 21.4 Å². The van der Waals surface area contributed by atoms with E-state index in [9.17, 15) is 34.2 Å². The first-order valence-corrected chi connectivity index (χ1v) is 14.4. The molecule has 1 aromatic carbocycles. The second-order valence-electron chi connectivity index (χ2n) is 9.42. The number of pyridine rings is 1. The average Bonchev–Trinajstić information content (AvgIpc) is 3.37. The van der Waals surface area contributed by atoms with Crippen LogP contribution in [0, 0.1) is 6.92 Å². The van der Waals surface area contributed by atoms with E-state index in [1.807, 2.05) is 0 Å². The second-order valence-corrected chi connectivity index (χ2v) is 11.5. The number of carboxylic acid groups (broad SMARTS) is 1. The van der Waals surface area contributed by atoms with E-state index in [1.54, 1.807) is 14.0 Å². The van der Waals surface area contributed by atoms with E-state index in [-0.39, 0.29) is 34.1 Å². The molecule has 15 nitrogen and oxygen atoms in total. The van der Waals surface area contributed by atoms with Crippen LogP contribution in [0.1, 0.15) is 27.7 Å². The highest BCUT2D eigenvalue weighted by atomic mass is 32.2. The van der Waals surface area contributed by atoms with E-state index in [1.165, 1.54) is 64.7 Å². The number of carboxylic acids is 1. The normalized spacial score (nSPS) is 18.6. The van der Waals surface area contributed by atoms with Crippen molar-refractivity contribution in [3.05, 3.63) is 74.8 Å². The van der Waals surface area contributed by atoms with Gasteiger partial charge in [0.15, 0.2) is 5.43 Å². The number of nitrogens with zero attached hydrogens (tertiary/aromatic N) is 5. The minimum atomic E-state index is -1.34. The summed E-state index contributed by atoms with van der Waals surface area (Å²) in [6.07, 6.45) is 1.24. The van der Waals surface area contributed by atoms with Gasteiger partial charge in [-0.05, 0) is 40.6 Å². The minimum absolute atomic E-state index is 0.0694. The molecular weight excluding hydrogens is 588 g/mol. The number of benzene rings is 1. The number of carbonyl (C=O) groups is 4. The number of fused-ring (bicyclic) bond motifs is 1. The SMILES string of the molecule is Cc1cc(=O)c(C(=O)NC(C(=O)N[C@@H]2C(=O)N3C(C(=O)O)=C(CSc4nnnn4C)CS[C@@H]23)c2ccc(O)cc2)c[nH]1. The molecule has 3 aromatic rings. The van der Waals surface area contributed by atoms with Gasteiger partial charge in [-0.1, -0.05) is 23.9 Å². The van der Waals surface area contributed by atoms with Crippen molar-refractivity contribution in [1.82, 2.24) is 40.7 Å². The maximum Gasteiger partial charge on any atom is 0.352 e. The zero-order valence-corrected chi connectivity index (χ0v) is 23.7. The van der Waals surface area contributed by atoms with Gasteiger partial charge in [-0.3, -0.25) is 24.1 Å². The van der Waals surface area contributed by atoms with Gasteiger partial charge in [0.1, 0.15) is 34.5 Å². The van der Waals surface area contributed by atoms with Gasteiger partial charge in [-0.25, -0.2) is 9.48 Å². The van der Waals surface area contributed by atoms with Crippen LogP contribution < -0.4 is 16.1 Å². The molecular formula is C25H24N8O7S2. The number of β-lactam (4-membered cyclic amide) rings is 1. The monoisotopic (exact) mass is 612 g/mol. The zero-order valence-electron chi connectivity index (χ0n) is 22.1. The highest BCUT2D eigenvalue weighted by Gasteiger charge is 2.54. The second kappa shape index (κ2) is 11.7. The molecule has 0 radical (unpaired) electrons. The third-order valence-corrected chi connectivity index (χ3v) is 9.01. The molecule has 3 atom stereocenters. The van der Waals surface area contributed by atoms with Gasteiger partial charge >= 0.3 is 5.97 Å². The largest absolute Gasteiger partial charge is 0.508 e. The van der Waals surface area contributed by atoms with Crippen LogP contribution in [0.4, 0.5) is 0 Å². The van der Waals surface area contributed by atoms with E-state index in [0.29, 0.717) is 16.4 Å². The Morgan fingerprint density at radius 1 is 1.24 bits per heavy atom. The van der Waals surface area contributed by atoms with Crippen molar-refractivity contribution in [2.24, 2.45) is 7.05 Å². The summed E-state index contributed by atoms with van der Waals surface area (Å²) in [5.74, 6) is -3.02. The third-order valence-electron chi connectivity index (χ3n) is 6.57. The fourth-order valence-corrected chi connectivity index (χ4v) is 6.79. The predicted molar refractivity (Wildman–Crippen MR) is 149 cm³/mol. The summed E-state index contributed by atoms with van der Waals surface area (Å²) >= 11 is 2.52. The van der Waals surface area contributed by atoms with Crippen LogP contribution in [-0.4, -0.2) is 86.9 Å². The molecule has 2 aliphatic rings. The molecule has 17 heteroatoms. The van der Waals surface area contributed by atoms with Crippen molar-refractivity contribution in [3.63, 3.8) is 0 Å². The lowest BCUT2D eigenvalue weighted by atomic mass is 10.0. The Balaban J connectivity index is 1.34. The number of aromatic amines is 1. The van der Waals surface area contributed by atoms with Crippen LogP contribution in [0.5, 0.6) is 5.75 Å². The van der Waals surface area contributed by atoms with Crippen molar-refractivity contribution in [3.8, 4) is 5.75 Å². The molecule has 1 fully saturated rings. The van der Waals surface area contributed by atoms with Crippen LogP contribution in [0.3, 0.4) is 0 Å². The number of tetrazole rings is 1. The highest BCUT2D eigenvalue weighted by Crippen LogP contribution is 2.41. The number of aliphatic carboxylic acids is 1. The summed E-state index contributed by atoms with van der Waals surface area (Å²) in [7, 11) is 1.65. The smallest absolute Gasteiger partial charge is 0.352 e. The number of H-pyrrole nitrogens is 1. The Morgan fingerprint density at radius 3 is 2.62 bits per heavy atom. The number of phenols is 1. The standard InChI is InChI=1S/C25H24N8O7S2/c1-11-7-16(35)15(8-26-11)20(36)27-17(12-3-5-14(34)6-4-12)21(37)28-18-22(38)33-19(24(39)40)13(9-41-23(18)33)10-42-25-29-30-31-32(25)2/h3-8,17-18,23,34H,9-10H2,1-2H3,(H,26,35)(H,27,36)(H,28,37)(H,39,40)/t17?,18-,23+/m1/s1. The molecule has 4 heterocycles. The summed E-state index contributed by atoms with van der Waals surface area (Å²) in [6, 6.07) is 4.35. The Morgan fingerprint density at radius 2 is 1.98 bits per heavy atom. The number of phenolic OH excluding ortho intramolecular Hbond substituents is 1. The van der Waals surface area contributed by atoms with Gasteiger partial charge in [-0.2, -0.15) is 0 Å². The van der Waals surface area contributed by atoms with Gasteiger partial charge in [0.05, 0.1) is 0 Å². The molecule has 3 amide bonds. The van der Waals surface area contributed by atoms with E-state index >= 15 is 0 Å². The summed E-state index contributed by atoms with van der Waals surface area (Å²) in [5.41, 5.74) is 0.417. The number of aryl methyl sites for hydroxylation is 2. The molecule has 1 unspecified atom stereocenters. The Kier molecular flexibility index (Phi) is 8.04. The van der Waals surface area contributed by atoms with Crippen molar-refractivity contribution >= 4 is 47.2 Å². The van der Waals surface area contributed by atoms with Crippen molar-refractivity contribution in [2.75, 3.05) is 11.5 Å². The molecule has 218 valence electrons. The molecule has 0 saturated carbocycles. The number of carbonyl (C=O) groups excluding carboxylic acids is 3. The van der Waals surface area contributed by atoms with Crippen LogP contribution >= 0.6 is 23.5 Å². The van der Waals surface area contributed by atoms with E-state index in [4.69, 9.17) is 0 Å². The Hall–Kier alpha value is -4.64. The number of hydrogen-bond acceptors (Lipinski definition) is 11. The molecule has 0 aliphatic carbocycles. The number of aromatic hydroxyl groups is 1. The maximum absolute atomic E-state index is 13.5. The first-order valence-electron chi connectivity index (χ1n) is 12.4. The van der Waals surface area contributed by atoms with Gasteiger partial charge < -0.3 is 25.8 Å². The summed E-state index contributed by atoms with van der Waals surface area (Å²) < 4.78 is 1.45. The van der Waals surface area contributed by atoms with Crippen LogP contribution in [0.15, 0.2) is 57.7 Å². The van der Waals surface area contributed by atoms with E-state index in [2.05, 4.69) is 31.1 Å². The number of nitrogens with one attached hydrogen (secondary N) is 3. The molecule has 42 heavy (non-hydrogen) atoms. The third kappa shape index (κ3) is 5.60.